The minimum Gasteiger partial charge on any atom is -0.481 e. The molecule has 5 heteroatoms. The van der Waals surface area contributed by atoms with Crippen LogP contribution in [-0.4, -0.2) is 23.5 Å². The molecule has 24 heavy (non-hydrogen) atoms. The number of carbonyl (C=O) groups excluding carboxylic acids is 1. The molecule has 0 aliphatic carbocycles. The molecule has 0 bridgehead atoms. The van der Waals surface area contributed by atoms with E-state index in [1.807, 2.05) is 48.5 Å². The molecule has 1 amide bonds. The predicted octanol–water partition coefficient (Wildman–Crippen LogP) is 3.30. The molecule has 1 heterocycles. The van der Waals surface area contributed by atoms with Gasteiger partial charge in [0.15, 0.2) is 0 Å². The van der Waals surface area contributed by atoms with Gasteiger partial charge in [0.05, 0.1) is 5.92 Å². The van der Waals surface area contributed by atoms with Gasteiger partial charge in [-0.25, -0.2) is 0 Å². The maximum Gasteiger partial charge on any atom is 0.303 e. The number of rotatable bonds is 6. The highest BCUT2D eigenvalue weighted by molar-refractivity contribution is 5.89. The van der Waals surface area contributed by atoms with E-state index >= 15 is 0 Å². The molecule has 0 fully saturated rings. The van der Waals surface area contributed by atoms with Gasteiger partial charge in [-0.1, -0.05) is 36.4 Å². The van der Waals surface area contributed by atoms with Crippen molar-refractivity contribution in [3.63, 3.8) is 0 Å². The van der Waals surface area contributed by atoms with Crippen LogP contribution in [0.15, 0.2) is 48.5 Å². The van der Waals surface area contributed by atoms with Crippen LogP contribution in [0.2, 0.25) is 0 Å². The number of nitrogens with one attached hydrogen (secondary N) is 1. The van der Waals surface area contributed by atoms with E-state index in [-0.39, 0.29) is 12.3 Å². The largest absolute Gasteiger partial charge is 0.481 e. The second-order valence-electron chi connectivity index (χ2n) is 5.75. The molecule has 0 atom stereocenters. The Hall–Kier alpha value is -2.82. The number of amides is 1. The summed E-state index contributed by atoms with van der Waals surface area (Å²) >= 11 is 0. The first-order chi connectivity index (χ1) is 11.7. The van der Waals surface area contributed by atoms with Crippen LogP contribution >= 0.6 is 0 Å². The first-order valence-corrected chi connectivity index (χ1v) is 8.02. The van der Waals surface area contributed by atoms with Crippen molar-refractivity contribution in [3.05, 3.63) is 59.7 Å². The third kappa shape index (κ3) is 3.40. The number of para-hydroxylation sites is 2. The number of aliphatic carboxylic acids is 1. The highest BCUT2D eigenvalue weighted by Gasteiger charge is 2.31. The van der Waals surface area contributed by atoms with Crippen LogP contribution in [0.25, 0.3) is 0 Å². The van der Waals surface area contributed by atoms with Gasteiger partial charge in [-0.15, -0.1) is 0 Å². The van der Waals surface area contributed by atoms with Crippen molar-refractivity contribution in [3.8, 4) is 11.5 Å². The zero-order valence-corrected chi connectivity index (χ0v) is 13.2. The standard InChI is InChI=1S/C19H19NO4/c21-17(22)11-5-6-12-20-19(23)18-13-7-1-3-9-15(13)24-16-10-4-2-8-14(16)18/h1-4,7-10,18H,5-6,11-12H2,(H,20,23)(H,21,22). The number of hydrogen-bond acceptors (Lipinski definition) is 3. The number of fused-ring (bicyclic) bond motifs is 2. The number of unbranched alkanes of at least 4 members (excludes halogenated alkanes) is 1. The van der Waals surface area contributed by atoms with Crippen molar-refractivity contribution >= 4 is 11.9 Å². The minimum absolute atomic E-state index is 0.0893. The molecular weight excluding hydrogens is 306 g/mol. The Morgan fingerprint density at radius 1 is 0.958 bits per heavy atom. The van der Waals surface area contributed by atoms with E-state index in [0.29, 0.717) is 30.9 Å². The Morgan fingerprint density at radius 3 is 2.12 bits per heavy atom. The first-order valence-electron chi connectivity index (χ1n) is 8.02. The van der Waals surface area contributed by atoms with E-state index in [9.17, 15) is 9.59 Å². The Bertz CT molecular complexity index is 711. The van der Waals surface area contributed by atoms with Crippen molar-refractivity contribution in [2.45, 2.75) is 25.2 Å². The van der Waals surface area contributed by atoms with Crippen molar-refractivity contribution in [2.75, 3.05) is 6.54 Å². The van der Waals surface area contributed by atoms with Gasteiger partial charge in [-0.2, -0.15) is 0 Å². The second-order valence-corrected chi connectivity index (χ2v) is 5.75. The summed E-state index contributed by atoms with van der Waals surface area (Å²) in [6, 6.07) is 15.1. The topological polar surface area (TPSA) is 75.6 Å². The monoisotopic (exact) mass is 325 g/mol. The number of carboxylic acids is 1. The van der Waals surface area contributed by atoms with Gasteiger partial charge in [-0.3, -0.25) is 9.59 Å². The van der Waals surface area contributed by atoms with Gasteiger partial charge < -0.3 is 15.2 Å². The third-order valence-corrected chi connectivity index (χ3v) is 4.06. The molecule has 0 radical (unpaired) electrons. The smallest absolute Gasteiger partial charge is 0.303 e. The highest BCUT2D eigenvalue weighted by Crippen LogP contribution is 2.43. The molecule has 3 rings (SSSR count). The van der Waals surface area contributed by atoms with E-state index in [0.717, 1.165) is 11.1 Å². The van der Waals surface area contributed by atoms with Gasteiger partial charge >= 0.3 is 5.97 Å². The quantitative estimate of drug-likeness (QED) is 0.799. The zero-order valence-electron chi connectivity index (χ0n) is 13.2. The van der Waals surface area contributed by atoms with Gasteiger partial charge in [0.2, 0.25) is 5.91 Å². The minimum atomic E-state index is -0.811. The highest BCUT2D eigenvalue weighted by atomic mass is 16.5. The van der Waals surface area contributed by atoms with Crippen LogP contribution in [0.5, 0.6) is 11.5 Å². The average Bonchev–Trinajstić information content (AvgIpc) is 2.58. The van der Waals surface area contributed by atoms with Crippen molar-refractivity contribution < 1.29 is 19.4 Å². The molecule has 0 spiro atoms. The molecule has 0 saturated heterocycles. The van der Waals surface area contributed by atoms with Gasteiger partial charge in [0, 0.05) is 24.1 Å². The van der Waals surface area contributed by atoms with Crippen LogP contribution in [0, 0.1) is 0 Å². The van der Waals surface area contributed by atoms with Crippen molar-refractivity contribution in [1.82, 2.24) is 5.32 Å². The average molecular weight is 325 g/mol. The molecule has 1 aliphatic rings. The number of carbonyl (C=O) groups is 2. The summed E-state index contributed by atoms with van der Waals surface area (Å²) in [7, 11) is 0. The fraction of sp³-hybridized carbons (Fsp3) is 0.263. The summed E-state index contributed by atoms with van der Waals surface area (Å²) in [5.41, 5.74) is 1.69. The first kappa shape index (κ1) is 16.1. The summed E-state index contributed by atoms with van der Waals surface area (Å²) in [5, 5.41) is 11.6. The Morgan fingerprint density at radius 2 is 1.54 bits per heavy atom. The molecule has 5 nitrogen and oxygen atoms in total. The van der Waals surface area contributed by atoms with Crippen LogP contribution in [0.3, 0.4) is 0 Å². The molecule has 0 saturated carbocycles. The number of hydrogen-bond donors (Lipinski definition) is 2. The fourth-order valence-corrected chi connectivity index (χ4v) is 2.91. The van der Waals surface area contributed by atoms with E-state index < -0.39 is 11.9 Å². The maximum atomic E-state index is 12.7. The second kappa shape index (κ2) is 7.17. The summed E-state index contributed by atoms with van der Waals surface area (Å²) in [5.74, 6) is 0.0808. The number of ether oxygens (including phenoxy) is 1. The predicted molar refractivity (Wildman–Crippen MR) is 89.3 cm³/mol. The van der Waals surface area contributed by atoms with E-state index in [1.54, 1.807) is 0 Å². The van der Waals surface area contributed by atoms with Crippen LogP contribution < -0.4 is 10.1 Å². The molecule has 2 aromatic rings. The normalized spacial score (nSPS) is 12.7. The summed E-state index contributed by atoms with van der Waals surface area (Å²) in [6.45, 7) is 0.466. The molecule has 1 aliphatic heterocycles. The molecule has 2 N–H and O–H groups in total. The molecule has 2 aromatic carbocycles. The Balaban J connectivity index is 1.74. The third-order valence-electron chi connectivity index (χ3n) is 4.06. The number of carboxylic acid groups (broad SMARTS) is 1. The zero-order chi connectivity index (χ0) is 16.9. The SMILES string of the molecule is O=C(O)CCCCNC(=O)C1c2ccccc2Oc2ccccc21. The fourth-order valence-electron chi connectivity index (χ4n) is 2.91. The van der Waals surface area contributed by atoms with Crippen LogP contribution in [0.4, 0.5) is 0 Å². The van der Waals surface area contributed by atoms with Gasteiger partial charge in [-0.05, 0) is 25.0 Å². The summed E-state index contributed by atoms with van der Waals surface area (Å²) < 4.78 is 5.88. The van der Waals surface area contributed by atoms with E-state index in [4.69, 9.17) is 9.84 Å². The lowest BCUT2D eigenvalue weighted by Crippen LogP contribution is -2.32. The molecule has 0 aromatic heterocycles. The van der Waals surface area contributed by atoms with Gasteiger partial charge in [0.25, 0.3) is 0 Å². The number of benzene rings is 2. The van der Waals surface area contributed by atoms with E-state index in [1.165, 1.54) is 0 Å². The lowest BCUT2D eigenvalue weighted by molar-refractivity contribution is -0.137. The Labute approximate surface area is 140 Å². The van der Waals surface area contributed by atoms with Crippen LogP contribution in [0.1, 0.15) is 36.3 Å². The summed E-state index contributed by atoms with van der Waals surface area (Å²) in [4.78, 5) is 23.3. The maximum absolute atomic E-state index is 12.7. The molecule has 124 valence electrons. The lowest BCUT2D eigenvalue weighted by atomic mass is 9.87. The Kier molecular flexibility index (Phi) is 4.79. The van der Waals surface area contributed by atoms with Crippen LogP contribution in [-0.2, 0) is 9.59 Å². The summed E-state index contributed by atoms with van der Waals surface area (Å²) in [6.07, 6.45) is 1.32. The van der Waals surface area contributed by atoms with E-state index in [2.05, 4.69) is 5.32 Å². The lowest BCUT2D eigenvalue weighted by Gasteiger charge is -2.27. The molecule has 0 unspecified atom stereocenters. The van der Waals surface area contributed by atoms with Gasteiger partial charge in [0.1, 0.15) is 11.5 Å². The van der Waals surface area contributed by atoms with Crippen molar-refractivity contribution in [1.29, 1.82) is 0 Å². The van der Waals surface area contributed by atoms with Crippen molar-refractivity contribution in [2.24, 2.45) is 0 Å². The molecular formula is C19H19NO4.